The van der Waals surface area contributed by atoms with Crippen LogP contribution in [0.5, 0.6) is 0 Å². The molecular formula is C14H25ClN4. The standard InChI is InChI=1S/C14H25ClN4/c1-11-13(14(15)19(3)17-11)10-16-7-4-12-5-8-18(2)9-6-12/h12,16H,4-10H2,1-3H3. The van der Waals surface area contributed by atoms with Crippen LogP contribution >= 0.6 is 11.6 Å². The zero-order chi connectivity index (χ0) is 13.8. The van der Waals surface area contributed by atoms with Crippen molar-refractivity contribution < 1.29 is 0 Å². The third-order valence-electron chi connectivity index (χ3n) is 4.14. The Morgan fingerprint density at radius 2 is 2.00 bits per heavy atom. The van der Waals surface area contributed by atoms with Crippen molar-refractivity contribution >= 4 is 11.6 Å². The van der Waals surface area contributed by atoms with Crippen LogP contribution in [-0.2, 0) is 13.6 Å². The van der Waals surface area contributed by atoms with E-state index in [4.69, 9.17) is 11.6 Å². The molecule has 108 valence electrons. The van der Waals surface area contributed by atoms with Crippen LogP contribution in [-0.4, -0.2) is 41.4 Å². The Balaban J connectivity index is 1.69. The molecule has 0 saturated carbocycles. The molecule has 1 saturated heterocycles. The topological polar surface area (TPSA) is 33.1 Å². The Morgan fingerprint density at radius 3 is 2.58 bits per heavy atom. The van der Waals surface area contributed by atoms with Gasteiger partial charge in [0.1, 0.15) is 5.15 Å². The van der Waals surface area contributed by atoms with Crippen molar-refractivity contribution in [1.82, 2.24) is 20.0 Å². The van der Waals surface area contributed by atoms with Gasteiger partial charge in [0.25, 0.3) is 0 Å². The number of nitrogens with one attached hydrogen (secondary N) is 1. The fraction of sp³-hybridized carbons (Fsp3) is 0.786. The molecule has 2 heterocycles. The zero-order valence-electron chi connectivity index (χ0n) is 12.2. The highest BCUT2D eigenvalue weighted by atomic mass is 35.5. The van der Waals surface area contributed by atoms with Gasteiger partial charge in [-0.1, -0.05) is 11.6 Å². The Bertz CT molecular complexity index is 408. The molecule has 19 heavy (non-hydrogen) atoms. The van der Waals surface area contributed by atoms with Crippen LogP contribution in [0.1, 0.15) is 30.5 Å². The molecule has 0 radical (unpaired) electrons. The molecule has 0 unspecified atom stereocenters. The monoisotopic (exact) mass is 284 g/mol. The number of aromatic nitrogens is 2. The van der Waals surface area contributed by atoms with Crippen LogP contribution in [0, 0.1) is 12.8 Å². The molecule has 5 heteroatoms. The number of hydrogen-bond donors (Lipinski definition) is 1. The average Bonchev–Trinajstić information content (AvgIpc) is 2.62. The first-order valence-corrected chi connectivity index (χ1v) is 7.53. The predicted molar refractivity (Wildman–Crippen MR) is 79.5 cm³/mol. The second kappa shape index (κ2) is 6.73. The molecule has 0 spiro atoms. The van der Waals surface area contributed by atoms with Crippen molar-refractivity contribution in [2.24, 2.45) is 13.0 Å². The van der Waals surface area contributed by atoms with Crippen LogP contribution in [0.2, 0.25) is 5.15 Å². The van der Waals surface area contributed by atoms with E-state index in [0.717, 1.165) is 35.4 Å². The second-order valence-corrected chi connectivity index (χ2v) is 6.05. The molecule has 1 aliphatic rings. The molecule has 0 aliphatic carbocycles. The van der Waals surface area contributed by atoms with E-state index < -0.39 is 0 Å². The van der Waals surface area contributed by atoms with E-state index in [1.807, 2.05) is 14.0 Å². The lowest BCUT2D eigenvalue weighted by Crippen LogP contribution is -2.31. The highest BCUT2D eigenvalue weighted by Gasteiger charge is 2.16. The number of piperidine rings is 1. The van der Waals surface area contributed by atoms with Crippen molar-refractivity contribution in [1.29, 1.82) is 0 Å². The summed E-state index contributed by atoms with van der Waals surface area (Å²) in [6.07, 6.45) is 3.94. The second-order valence-electron chi connectivity index (χ2n) is 5.69. The molecule has 1 aromatic rings. The summed E-state index contributed by atoms with van der Waals surface area (Å²) in [6, 6.07) is 0. The molecule has 0 bridgehead atoms. The number of halogens is 1. The first-order valence-electron chi connectivity index (χ1n) is 7.15. The number of rotatable bonds is 5. The quantitative estimate of drug-likeness (QED) is 0.842. The van der Waals surface area contributed by atoms with Crippen molar-refractivity contribution in [2.75, 3.05) is 26.7 Å². The lowest BCUT2D eigenvalue weighted by atomic mass is 9.94. The predicted octanol–water partition coefficient (Wildman–Crippen LogP) is 2.20. The van der Waals surface area contributed by atoms with Crippen molar-refractivity contribution in [3.8, 4) is 0 Å². The van der Waals surface area contributed by atoms with Crippen molar-refractivity contribution in [2.45, 2.75) is 32.7 Å². The van der Waals surface area contributed by atoms with Gasteiger partial charge in [0.05, 0.1) is 5.69 Å². The number of likely N-dealkylation sites (tertiary alicyclic amines) is 1. The van der Waals surface area contributed by atoms with Crippen LogP contribution in [0.4, 0.5) is 0 Å². The minimum atomic E-state index is 0.754. The number of nitrogens with zero attached hydrogens (tertiary/aromatic N) is 3. The molecule has 0 aromatic carbocycles. The highest BCUT2D eigenvalue weighted by Crippen LogP contribution is 2.20. The largest absolute Gasteiger partial charge is 0.312 e. The van der Waals surface area contributed by atoms with Crippen LogP contribution < -0.4 is 5.32 Å². The summed E-state index contributed by atoms with van der Waals surface area (Å²) < 4.78 is 1.74. The summed E-state index contributed by atoms with van der Waals surface area (Å²) in [6.45, 7) is 6.40. The summed E-state index contributed by atoms with van der Waals surface area (Å²) in [5, 5.41) is 8.58. The zero-order valence-corrected chi connectivity index (χ0v) is 13.0. The molecule has 4 nitrogen and oxygen atoms in total. The van der Waals surface area contributed by atoms with Gasteiger partial charge in [-0.25, -0.2) is 0 Å². The Kier molecular flexibility index (Phi) is 5.25. The van der Waals surface area contributed by atoms with Gasteiger partial charge < -0.3 is 10.2 Å². The molecular weight excluding hydrogens is 260 g/mol. The molecule has 1 aromatic heterocycles. The van der Waals surface area contributed by atoms with E-state index in [1.54, 1.807) is 4.68 Å². The van der Waals surface area contributed by atoms with Gasteiger partial charge in [0.2, 0.25) is 0 Å². The molecule has 0 atom stereocenters. The van der Waals surface area contributed by atoms with Gasteiger partial charge in [-0.2, -0.15) is 5.10 Å². The van der Waals surface area contributed by atoms with E-state index in [-0.39, 0.29) is 0 Å². The maximum Gasteiger partial charge on any atom is 0.131 e. The summed E-state index contributed by atoms with van der Waals surface area (Å²) in [5.74, 6) is 0.883. The summed E-state index contributed by atoms with van der Waals surface area (Å²) in [4.78, 5) is 2.42. The van der Waals surface area contributed by atoms with Gasteiger partial charge >= 0.3 is 0 Å². The maximum absolute atomic E-state index is 6.21. The average molecular weight is 285 g/mol. The first kappa shape index (κ1) is 14.8. The van der Waals surface area contributed by atoms with E-state index in [2.05, 4.69) is 22.4 Å². The summed E-state index contributed by atoms with van der Waals surface area (Å²) in [5.41, 5.74) is 2.16. The maximum atomic E-state index is 6.21. The summed E-state index contributed by atoms with van der Waals surface area (Å²) >= 11 is 6.21. The van der Waals surface area contributed by atoms with Gasteiger partial charge in [-0.05, 0) is 58.8 Å². The Hall–Kier alpha value is -0.580. The van der Waals surface area contributed by atoms with Crippen molar-refractivity contribution in [3.63, 3.8) is 0 Å². The van der Waals surface area contributed by atoms with Gasteiger partial charge in [0, 0.05) is 19.2 Å². The number of aryl methyl sites for hydroxylation is 2. The third-order valence-corrected chi connectivity index (χ3v) is 4.61. The molecule has 0 amide bonds. The highest BCUT2D eigenvalue weighted by molar-refractivity contribution is 6.30. The normalized spacial score (nSPS) is 18.1. The first-order chi connectivity index (χ1) is 9.08. The van der Waals surface area contributed by atoms with Gasteiger partial charge in [-0.15, -0.1) is 0 Å². The fourth-order valence-corrected chi connectivity index (χ4v) is 2.99. The van der Waals surface area contributed by atoms with E-state index >= 15 is 0 Å². The van der Waals surface area contributed by atoms with Crippen LogP contribution in [0.25, 0.3) is 0 Å². The van der Waals surface area contributed by atoms with E-state index in [0.29, 0.717) is 0 Å². The van der Waals surface area contributed by atoms with Crippen molar-refractivity contribution in [3.05, 3.63) is 16.4 Å². The smallest absolute Gasteiger partial charge is 0.131 e. The summed E-state index contributed by atoms with van der Waals surface area (Å²) in [7, 11) is 4.10. The van der Waals surface area contributed by atoms with E-state index in [1.165, 1.54) is 32.4 Å². The minimum Gasteiger partial charge on any atom is -0.312 e. The third kappa shape index (κ3) is 3.94. The van der Waals surface area contributed by atoms with Gasteiger partial charge in [-0.3, -0.25) is 4.68 Å². The van der Waals surface area contributed by atoms with Crippen LogP contribution in [0.3, 0.4) is 0 Å². The molecule has 1 N–H and O–H groups in total. The van der Waals surface area contributed by atoms with Gasteiger partial charge in [0.15, 0.2) is 0 Å². The molecule has 1 aliphatic heterocycles. The lowest BCUT2D eigenvalue weighted by molar-refractivity contribution is 0.211. The van der Waals surface area contributed by atoms with Crippen LogP contribution in [0.15, 0.2) is 0 Å². The lowest BCUT2D eigenvalue weighted by Gasteiger charge is -2.28. The van der Waals surface area contributed by atoms with E-state index in [9.17, 15) is 0 Å². The SMILES string of the molecule is Cc1nn(C)c(Cl)c1CNCCC1CCN(C)CC1. The fourth-order valence-electron chi connectivity index (χ4n) is 2.75. The molecule has 1 fully saturated rings. The minimum absolute atomic E-state index is 0.754. The Morgan fingerprint density at radius 1 is 1.32 bits per heavy atom. The Labute approximate surface area is 121 Å². The number of hydrogen-bond acceptors (Lipinski definition) is 3. The molecule has 2 rings (SSSR count).